The van der Waals surface area contributed by atoms with Crippen LogP contribution in [0, 0.1) is 5.41 Å². The van der Waals surface area contributed by atoms with Crippen molar-refractivity contribution in [2.45, 2.75) is 79.3 Å². The van der Waals surface area contributed by atoms with E-state index in [9.17, 15) is 0 Å². The van der Waals surface area contributed by atoms with Gasteiger partial charge in [0, 0.05) is 11.6 Å². The number of hydrogen-bond donors (Lipinski definition) is 2. The number of benzene rings is 1. The number of rotatable bonds is 8. The molecule has 0 aliphatic carbocycles. The molecule has 0 spiro atoms. The largest absolute Gasteiger partial charge is 0.491 e. The van der Waals surface area contributed by atoms with Gasteiger partial charge in [-0.25, -0.2) is 0 Å². The molecule has 132 valence electrons. The number of nitrogens with one attached hydrogen (secondary N) is 1. The molecular weight excluding hydrogens is 284 g/mol. The van der Waals surface area contributed by atoms with Crippen LogP contribution in [0.25, 0.3) is 0 Å². The van der Waals surface area contributed by atoms with Gasteiger partial charge in [0.05, 0.1) is 12.3 Å². The summed E-state index contributed by atoms with van der Waals surface area (Å²) in [7, 11) is 0. The molecule has 0 aliphatic rings. The van der Waals surface area contributed by atoms with E-state index in [0.717, 1.165) is 30.7 Å². The Labute approximate surface area is 143 Å². The molecule has 3 nitrogen and oxygen atoms in total. The predicted octanol–water partition coefficient (Wildman–Crippen LogP) is 4.79. The Hall–Kier alpha value is -1.22. The van der Waals surface area contributed by atoms with Gasteiger partial charge in [0.1, 0.15) is 5.75 Å². The van der Waals surface area contributed by atoms with Crippen molar-refractivity contribution in [1.82, 2.24) is 5.32 Å². The van der Waals surface area contributed by atoms with E-state index >= 15 is 0 Å². The van der Waals surface area contributed by atoms with Crippen molar-refractivity contribution in [3.05, 3.63) is 23.8 Å². The fourth-order valence-electron chi connectivity index (χ4n) is 3.52. The van der Waals surface area contributed by atoms with E-state index in [0.29, 0.717) is 18.1 Å². The van der Waals surface area contributed by atoms with E-state index < -0.39 is 0 Å². The highest BCUT2D eigenvalue weighted by Crippen LogP contribution is 2.28. The Kier molecular flexibility index (Phi) is 6.94. The number of hydrogen-bond acceptors (Lipinski definition) is 3. The summed E-state index contributed by atoms with van der Waals surface area (Å²) in [6.07, 6.45) is 3.09. The Balaban J connectivity index is 2.63. The number of ether oxygens (including phenoxy) is 1. The lowest BCUT2D eigenvalue weighted by atomic mass is 9.81. The highest BCUT2D eigenvalue weighted by Gasteiger charge is 2.26. The van der Waals surface area contributed by atoms with E-state index in [-0.39, 0.29) is 5.54 Å². The standard InChI is InChI=1S/C20H36N2O/c1-8-11-23-18-10-9-16(13-17(18)21)12-15(2)22-20(6,7)14-19(3,4)5/h9-10,13,15,22H,8,11-12,14,21H2,1-7H3. The van der Waals surface area contributed by atoms with Crippen LogP contribution in [-0.2, 0) is 6.42 Å². The zero-order valence-electron chi connectivity index (χ0n) is 16.1. The summed E-state index contributed by atoms with van der Waals surface area (Å²) in [6, 6.07) is 6.55. The maximum Gasteiger partial charge on any atom is 0.142 e. The summed E-state index contributed by atoms with van der Waals surface area (Å²) < 4.78 is 5.64. The monoisotopic (exact) mass is 320 g/mol. The molecule has 0 saturated heterocycles. The first-order valence-electron chi connectivity index (χ1n) is 8.81. The second-order valence-electron chi connectivity index (χ2n) is 8.59. The van der Waals surface area contributed by atoms with Gasteiger partial charge in [0.2, 0.25) is 0 Å². The van der Waals surface area contributed by atoms with Crippen LogP contribution in [0.2, 0.25) is 0 Å². The van der Waals surface area contributed by atoms with E-state index in [2.05, 4.69) is 59.8 Å². The molecule has 0 aromatic heterocycles. The second-order valence-corrected chi connectivity index (χ2v) is 8.59. The molecule has 0 heterocycles. The maximum absolute atomic E-state index is 6.10. The normalized spacial score (nSPS) is 13.9. The molecule has 0 bridgehead atoms. The van der Waals surface area contributed by atoms with Crippen molar-refractivity contribution in [3.63, 3.8) is 0 Å². The second kappa shape index (κ2) is 8.05. The van der Waals surface area contributed by atoms with Crippen molar-refractivity contribution in [2.24, 2.45) is 5.41 Å². The number of anilines is 1. The molecule has 1 atom stereocenters. The van der Waals surface area contributed by atoms with Gasteiger partial charge in [-0.15, -0.1) is 0 Å². The zero-order valence-corrected chi connectivity index (χ0v) is 16.1. The molecular formula is C20H36N2O. The van der Waals surface area contributed by atoms with Gasteiger partial charge in [-0.2, -0.15) is 0 Å². The lowest BCUT2D eigenvalue weighted by Gasteiger charge is -2.36. The smallest absolute Gasteiger partial charge is 0.142 e. The SMILES string of the molecule is CCCOc1ccc(CC(C)NC(C)(C)CC(C)(C)C)cc1N. The van der Waals surface area contributed by atoms with E-state index in [4.69, 9.17) is 10.5 Å². The predicted molar refractivity (Wildman–Crippen MR) is 101 cm³/mol. The lowest BCUT2D eigenvalue weighted by Crippen LogP contribution is -2.47. The van der Waals surface area contributed by atoms with Crippen molar-refractivity contribution in [3.8, 4) is 5.75 Å². The summed E-state index contributed by atoms with van der Waals surface area (Å²) in [6.45, 7) is 16.5. The molecule has 1 rings (SSSR count). The van der Waals surface area contributed by atoms with Gasteiger partial charge in [-0.05, 0) is 63.1 Å². The van der Waals surface area contributed by atoms with Crippen LogP contribution in [-0.4, -0.2) is 18.2 Å². The summed E-state index contributed by atoms with van der Waals surface area (Å²) in [5.74, 6) is 0.796. The molecule has 3 N–H and O–H groups in total. The zero-order chi connectivity index (χ0) is 17.7. The van der Waals surface area contributed by atoms with Gasteiger partial charge >= 0.3 is 0 Å². The van der Waals surface area contributed by atoms with Crippen molar-refractivity contribution in [1.29, 1.82) is 0 Å². The van der Waals surface area contributed by atoms with Gasteiger partial charge < -0.3 is 15.8 Å². The molecule has 3 heteroatoms. The molecule has 1 aromatic rings. The first-order chi connectivity index (χ1) is 10.5. The number of nitrogen functional groups attached to an aromatic ring is 1. The third-order valence-electron chi connectivity index (χ3n) is 3.69. The highest BCUT2D eigenvalue weighted by atomic mass is 16.5. The van der Waals surface area contributed by atoms with E-state index in [1.807, 2.05) is 12.1 Å². The van der Waals surface area contributed by atoms with Gasteiger partial charge in [-0.3, -0.25) is 0 Å². The molecule has 1 aromatic carbocycles. The summed E-state index contributed by atoms with van der Waals surface area (Å²) in [5.41, 5.74) is 8.52. The molecule has 0 saturated carbocycles. The minimum atomic E-state index is 0.118. The molecule has 0 fully saturated rings. The van der Waals surface area contributed by atoms with Gasteiger partial charge in [0.15, 0.2) is 0 Å². The fourth-order valence-corrected chi connectivity index (χ4v) is 3.52. The van der Waals surface area contributed by atoms with Crippen molar-refractivity contribution >= 4 is 5.69 Å². The molecule has 0 amide bonds. The van der Waals surface area contributed by atoms with Gasteiger partial charge in [-0.1, -0.05) is 33.8 Å². The Morgan fingerprint density at radius 2 is 1.83 bits per heavy atom. The average molecular weight is 321 g/mol. The average Bonchev–Trinajstić information content (AvgIpc) is 2.33. The first-order valence-corrected chi connectivity index (χ1v) is 8.81. The Morgan fingerprint density at radius 3 is 2.35 bits per heavy atom. The van der Waals surface area contributed by atoms with E-state index in [1.54, 1.807) is 0 Å². The van der Waals surface area contributed by atoms with Crippen molar-refractivity contribution in [2.75, 3.05) is 12.3 Å². The summed E-state index contributed by atoms with van der Waals surface area (Å²) in [5, 5.41) is 3.76. The Morgan fingerprint density at radius 1 is 1.17 bits per heavy atom. The molecule has 0 radical (unpaired) electrons. The van der Waals surface area contributed by atoms with Crippen LogP contribution in [0.3, 0.4) is 0 Å². The van der Waals surface area contributed by atoms with Crippen LogP contribution in [0.4, 0.5) is 5.69 Å². The van der Waals surface area contributed by atoms with Crippen LogP contribution >= 0.6 is 0 Å². The summed E-state index contributed by atoms with van der Waals surface area (Å²) >= 11 is 0. The summed E-state index contributed by atoms with van der Waals surface area (Å²) in [4.78, 5) is 0. The minimum Gasteiger partial charge on any atom is -0.491 e. The Bertz CT molecular complexity index is 489. The van der Waals surface area contributed by atoms with Crippen LogP contribution < -0.4 is 15.8 Å². The lowest BCUT2D eigenvalue weighted by molar-refractivity contribution is 0.226. The van der Waals surface area contributed by atoms with Crippen LogP contribution in [0.1, 0.15) is 66.9 Å². The topological polar surface area (TPSA) is 47.3 Å². The number of nitrogens with two attached hydrogens (primary N) is 1. The van der Waals surface area contributed by atoms with Gasteiger partial charge in [0.25, 0.3) is 0 Å². The third-order valence-corrected chi connectivity index (χ3v) is 3.69. The fraction of sp³-hybridized carbons (Fsp3) is 0.700. The quantitative estimate of drug-likeness (QED) is 0.677. The molecule has 23 heavy (non-hydrogen) atoms. The highest BCUT2D eigenvalue weighted by molar-refractivity contribution is 5.54. The molecule has 0 aliphatic heterocycles. The first kappa shape index (κ1) is 19.8. The van der Waals surface area contributed by atoms with E-state index in [1.165, 1.54) is 5.56 Å². The van der Waals surface area contributed by atoms with Crippen LogP contribution in [0.5, 0.6) is 5.75 Å². The van der Waals surface area contributed by atoms with Crippen molar-refractivity contribution < 1.29 is 4.74 Å². The molecule has 1 unspecified atom stereocenters. The minimum absolute atomic E-state index is 0.118. The van der Waals surface area contributed by atoms with Crippen LogP contribution in [0.15, 0.2) is 18.2 Å². The third kappa shape index (κ3) is 7.74. The maximum atomic E-state index is 6.10.